The Morgan fingerprint density at radius 3 is 2.41 bits per heavy atom. The molecular weight excluding hydrogens is 376 g/mol. The Hall–Kier alpha value is -2.97. The maximum Gasteiger partial charge on any atom is 0.328 e. The lowest BCUT2D eigenvalue weighted by molar-refractivity contribution is -0.386. The minimum atomic E-state index is -0.674. The van der Waals surface area contributed by atoms with Crippen molar-refractivity contribution in [1.82, 2.24) is 14.3 Å². The van der Waals surface area contributed by atoms with Gasteiger partial charge in [-0.15, -0.1) is 0 Å². The molecule has 9 heteroatoms. The van der Waals surface area contributed by atoms with Gasteiger partial charge < -0.3 is 9.30 Å². The van der Waals surface area contributed by atoms with E-state index in [1.54, 1.807) is 0 Å². The smallest absolute Gasteiger partial charge is 0.328 e. The van der Waals surface area contributed by atoms with Crippen LogP contribution in [-0.4, -0.2) is 37.6 Å². The van der Waals surface area contributed by atoms with Crippen LogP contribution in [0.5, 0.6) is 0 Å². The van der Waals surface area contributed by atoms with Crippen LogP contribution in [0.1, 0.15) is 53.4 Å². The summed E-state index contributed by atoms with van der Waals surface area (Å²) in [5, 5.41) is 15.1. The molecule has 0 aromatic carbocycles. The molecule has 0 radical (unpaired) electrons. The van der Waals surface area contributed by atoms with Crippen LogP contribution in [0.4, 0.5) is 5.69 Å². The lowest BCUT2D eigenvalue weighted by Crippen LogP contribution is -2.20. The molecule has 0 aliphatic carbocycles. The Bertz CT molecular complexity index is 939. The number of ether oxygens (including phenoxy) is 1. The molecule has 2 aromatic heterocycles. The van der Waals surface area contributed by atoms with E-state index in [-0.39, 0.29) is 36.0 Å². The molecule has 0 spiro atoms. The molecule has 0 fully saturated rings. The molecule has 0 saturated carbocycles. The number of carbonyl (C=O) groups excluding carboxylic acids is 2. The van der Waals surface area contributed by atoms with Gasteiger partial charge in [0.15, 0.2) is 6.61 Å². The third-order valence-electron chi connectivity index (χ3n) is 4.97. The molecule has 2 aromatic rings. The van der Waals surface area contributed by atoms with Crippen molar-refractivity contribution in [3.8, 4) is 0 Å². The molecular formula is C20H28N4O5. The lowest BCUT2D eigenvalue weighted by atomic mass is 10.1. The van der Waals surface area contributed by atoms with Gasteiger partial charge in [-0.2, -0.15) is 5.10 Å². The van der Waals surface area contributed by atoms with Crippen LogP contribution >= 0.6 is 0 Å². The maximum atomic E-state index is 12.5. The second kappa shape index (κ2) is 9.02. The SMILES string of the molecule is Cc1nn(CC(=O)OCC(=O)c2cc(C)n(CCC(C)C)c2C)c(C)c1[N+](=O)[O-]. The first-order valence-electron chi connectivity index (χ1n) is 9.56. The molecule has 2 heterocycles. The Morgan fingerprint density at radius 1 is 1.21 bits per heavy atom. The van der Waals surface area contributed by atoms with E-state index in [9.17, 15) is 19.7 Å². The second-order valence-corrected chi connectivity index (χ2v) is 7.64. The zero-order valence-electron chi connectivity index (χ0n) is 17.8. The summed E-state index contributed by atoms with van der Waals surface area (Å²) >= 11 is 0. The van der Waals surface area contributed by atoms with Crippen molar-refractivity contribution in [2.24, 2.45) is 5.92 Å². The minimum absolute atomic E-state index is 0.122. The van der Waals surface area contributed by atoms with Crippen LogP contribution < -0.4 is 0 Å². The van der Waals surface area contributed by atoms with E-state index in [4.69, 9.17) is 4.74 Å². The predicted molar refractivity (Wildman–Crippen MR) is 107 cm³/mol. The number of Topliss-reactive ketones (excluding diaryl/α,β-unsaturated/α-hetero) is 1. The average Bonchev–Trinajstić information content (AvgIpc) is 3.06. The first-order chi connectivity index (χ1) is 13.5. The van der Waals surface area contributed by atoms with E-state index in [0.717, 1.165) is 24.4 Å². The van der Waals surface area contributed by atoms with Gasteiger partial charge in [0, 0.05) is 23.5 Å². The fourth-order valence-electron chi connectivity index (χ4n) is 3.31. The predicted octanol–water partition coefficient (Wildman–Crippen LogP) is 3.30. The number of rotatable bonds is 9. The van der Waals surface area contributed by atoms with Gasteiger partial charge in [0.05, 0.1) is 4.92 Å². The van der Waals surface area contributed by atoms with Crippen LogP contribution in [0, 0.1) is 43.7 Å². The average molecular weight is 404 g/mol. The largest absolute Gasteiger partial charge is 0.456 e. The number of nitro groups is 1. The zero-order chi connectivity index (χ0) is 21.9. The fourth-order valence-corrected chi connectivity index (χ4v) is 3.31. The number of hydrogen-bond donors (Lipinski definition) is 0. The summed E-state index contributed by atoms with van der Waals surface area (Å²) in [5.41, 5.74) is 2.77. The number of nitrogens with zero attached hydrogens (tertiary/aromatic N) is 4. The van der Waals surface area contributed by atoms with Crippen LogP contribution in [-0.2, 0) is 22.6 Å². The highest BCUT2D eigenvalue weighted by molar-refractivity contribution is 5.99. The molecule has 0 aliphatic heterocycles. The first-order valence-corrected chi connectivity index (χ1v) is 9.56. The van der Waals surface area contributed by atoms with Crippen molar-refractivity contribution in [3.63, 3.8) is 0 Å². The molecule has 2 rings (SSSR count). The van der Waals surface area contributed by atoms with E-state index >= 15 is 0 Å². The van der Waals surface area contributed by atoms with Gasteiger partial charge in [0.2, 0.25) is 5.78 Å². The third-order valence-corrected chi connectivity index (χ3v) is 4.97. The van der Waals surface area contributed by atoms with Crippen molar-refractivity contribution < 1.29 is 19.2 Å². The number of carbonyl (C=O) groups is 2. The van der Waals surface area contributed by atoms with Gasteiger partial charge in [0.1, 0.15) is 17.9 Å². The van der Waals surface area contributed by atoms with Gasteiger partial charge in [-0.3, -0.25) is 24.4 Å². The number of hydrogen-bond acceptors (Lipinski definition) is 6. The summed E-state index contributed by atoms with van der Waals surface area (Å²) in [6.45, 7) is 11.3. The van der Waals surface area contributed by atoms with E-state index in [1.165, 1.54) is 18.5 Å². The summed E-state index contributed by atoms with van der Waals surface area (Å²) in [6.07, 6.45) is 1.01. The minimum Gasteiger partial charge on any atom is -0.456 e. The second-order valence-electron chi connectivity index (χ2n) is 7.64. The Balaban J connectivity index is 2.01. The van der Waals surface area contributed by atoms with Crippen LogP contribution in [0.2, 0.25) is 0 Å². The standard InChI is InChI=1S/C20H28N4O5/c1-12(2)7-8-22-13(3)9-17(15(22)5)18(25)11-29-19(26)10-23-16(6)20(24(27)28)14(4)21-23/h9,12H,7-8,10-11H2,1-6H3. The summed E-state index contributed by atoms with van der Waals surface area (Å²) in [6, 6.07) is 1.82. The Labute approximate surface area is 169 Å². The number of ketones is 1. The molecule has 0 N–H and O–H groups in total. The van der Waals surface area contributed by atoms with Crippen molar-refractivity contribution >= 4 is 17.4 Å². The monoisotopic (exact) mass is 404 g/mol. The first kappa shape index (κ1) is 22.3. The molecule has 0 bridgehead atoms. The number of aryl methyl sites for hydroxylation is 2. The van der Waals surface area contributed by atoms with E-state index in [2.05, 4.69) is 23.5 Å². The van der Waals surface area contributed by atoms with Gasteiger partial charge in [-0.25, -0.2) is 0 Å². The quantitative estimate of drug-likeness (QED) is 0.274. The molecule has 158 valence electrons. The molecule has 0 unspecified atom stereocenters. The highest BCUT2D eigenvalue weighted by atomic mass is 16.6. The lowest BCUT2D eigenvalue weighted by Gasteiger charge is -2.11. The summed E-state index contributed by atoms with van der Waals surface area (Å²) in [4.78, 5) is 35.2. The van der Waals surface area contributed by atoms with E-state index < -0.39 is 10.9 Å². The van der Waals surface area contributed by atoms with E-state index in [0.29, 0.717) is 11.5 Å². The van der Waals surface area contributed by atoms with Crippen molar-refractivity contribution in [1.29, 1.82) is 0 Å². The summed E-state index contributed by atoms with van der Waals surface area (Å²) in [5.74, 6) is -0.393. The zero-order valence-corrected chi connectivity index (χ0v) is 17.8. The summed E-state index contributed by atoms with van der Waals surface area (Å²) in [7, 11) is 0. The Morgan fingerprint density at radius 2 is 1.86 bits per heavy atom. The number of esters is 1. The molecule has 29 heavy (non-hydrogen) atoms. The summed E-state index contributed by atoms with van der Waals surface area (Å²) < 4.78 is 8.42. The van der Waals surface area contributed by atoms with Gasteiger partial charge in [-0.1, -0.05) is 13.8 Å². The van der Waals surface area contributed by atoms with Gasteiger partial charge >= 0.3 is 11.7 Å². The fraction of sp³-hybridized carbons (Fsp3) is 0.550. The maximum absolute atomic E-state index is 12.5. The third kappa shape index (κ3) is 5.10. The Kier molecular flexibility index (Phi) is 6.94. The van der Waals surface area contributed by atoms with Crippen LogP contribution in [0.25, 0.3) is 0 Å². The molecule has 9 nitrogen and oxygen atoms in total. The highest BCUT2D eigenvalue weighted by Gasteiger charge is 2.23. The van der Waals surface area contributed by atoms with Crippen molar-refractivity contribution in [2.75, 3.05) is 6.61 Å². The van der Waals surface area contributed by atoms with E-state index in [1.807, 2.05) is 19.9 Å². The van der Waals surface area contributed by atoms with Crippen molar-refractivity contribution in [3.05, 3.63) is 44.5 Å². The van der Waals surface area contributed by atoms with Gasteiger partial charge in [0.25, 0.3) is 0 Å². The van der Waals surface area contributed by atoms with Crippen LogP contribution in [0.15, 0.2) is 6.07 Å². The van der Waals surface area contributed by atoms with Gasteiger partial charge in [-0.05, 0) is 46.1 Å². The molecule has 0 amide bonds. The molecule has 0 aliphatic rings. The van der Waals surface area contributed by atoms with Crippen LogP contribution in [0.3, 0.4) is 0 Å². The molecule has 0 atom stereocenters. The highest BCUT2D eigenvalue weighted by Crippen LogP contribution is 2.22. The van der Waals surface area contributed by atoms with Crippen molar-refractivity contribution in [2.45, 2.75) is 61.1 Å². The topological polar surface area (TPSA) is 109 Å². The number of aromatic nitrogens is 3. The molecule has 0 saturated heterocycles. The normalized spacial score (nSPS) is 11.1.